The summed E-state index contributed by atoms with van der Waals surface area (Å²) in [5.41, 5.74) is 21.5. The summed E-state index contributed by atoms with van der Waals surface area (Å²) in [6.07, 6.45) is 0. The first kappa shape index (κ1) is 35.8. The van der Waals surface area contributed by atoms with Crippen molar-refractivity contribution >= 4 is 34.1 Å². The predicted octanol–water partition coefficient (Wildman–Crippen LogP) is 13.9. The molecule has 57 heavy (non-hydrogen) atoms. The zero-order valence-electron chi connectivity index (χ0n) is 33.6. The van der Waals surface area contributed by atoms with Crippen molar-refractivity contribution in [1.82, 2.24) is 0 Å². The van der Waals surface area contributed by atoms with Gasteiger partial charge in [0.05, 0.1) is 23.3 Å². The molecule has 0 bridgehead atoms. The molecular weight excluding hydrogens is 693 g/mol. The highest BCUT2D eigenvalue weighted by molar-refractivity contribution is 5.93. The summed E-state index contributed by atoms with van der Waals surface area (Å²) in [6, 6.07) is 54.0. The predicted molar refractivity (Wildman–Crippen MR) is 235 cm³/mol. The largest absolute Gasteiger partial charge is 0.310 e. The molecule has 0 heterocycles. The maximum absolute atomic E-state index is 9.55. The average molecular weight is 737 g/mol. The highest BCUT2D eigenvalue weighted by atomic mass is 15.1. The van der Waals surface area contributed by atoms with E-state index in [-0.39, 0.29) is 10.8 Å². The molecule has 7 aromatic carbocycles. The number of para-hydroxylation sites is 2. The Morgan fingerprint density at radius 3 is 1.39 bits per heavy atom. The molecule has 4 nitrogen and oxygen atoms in total. The van der Waals surface area contributed by atoms with Gasteiger partial charge in [0.2, 0.25) is 0 Å². The third-order valence-corrected chi connectivity index (χ3v) is 12.5. The minimum absolute atomic E-state index is 0.240. The van der Waals surface area contributed by atoms with Crippen LogP contribution in [0.5, 0.6) is 0 Å². The first-order valence-corrected chi connectivity index (χ1v) is 19.6. The number of hydrogen-bond donors (Lipinski definition) is 0. The summed E-state index contributed by atoms with van der Waals surface area (Å²) < 4.78 is 0. The number of nitrogens with zero attached hydrogens (tertiary/aromatic N) is 4. The molecular formula is C53H44N4. The van der Waals surface area contributed by atoms with Gasteiger partial charge in [-0.3, -0.25) is 0 Å². The number of fused-ring (bicyclic) bond motifs is 6. The van der Waals surface area contributed by atoms with Crippen molar-refractivity contribution in [3.8, 4) is 34.4 Å². The van der Waals surface area contributed by atoms with Gasteiger partial charge in [-0.15, -0.1) is 0 Å². The Bertz CT molecular complexity index is 2850. The molecule has 0 spiro atoms. The molecule has 0 N–H and O–H groups in total. The third-order valence-electron chi connectivity index (χ3n) is 12.5. The number of anilines is 6. The first-order valence-electron chi connectivity index (χ1n) is 19.6. The Balaban J connectivity index is 1.16. The normalized spacial score (nSPS) is 13.8. The van der Waals surface area contributed by atoms with E-state index in [1.54, 1.807) is 0 Å². The van der Waals surface area contributed by atoms with Gasteiger partial charge in [0.15, 0.2) is 0 Å². The standard InChI is InChI=1S/C53H44N4/c1-33-12-8-10-14-49(33)56(38-20-16-36(31-54)17-21-38)40-24-25-42-43-29-47-44(30-46(43)52(4,5)45(42)27-40)51-35(3)26-41(28-48(51)53(47,6)7)57(50-15-11-9-13-34(50)2)39-22-18-37(32-55)19-23-39/h8-30H,1-7H3. The maximum Gasteiger partial charge on any atom is 0.0991 e. The average Bonchev–Trinajstić information content (AvgIpc) is 3.58. The van der Waals surface area contributed by atoms with E-state index < -0.39 is 0 Å². The monoisotopic (exact) mass is 736 g/mol. The second-order valence-corrected chi connectivity index (χ2v) is 16.7. The van der Waals surface area contributed by atoms with Crippen LogP contribution < -0.4 is 9.80 Å². The van der Waals surface area contributed by atoms with Gasteiger partial charge in [-0.25, -0.2) is 0 Å². The zero-order chi connectivity index (χ0) is 39.8. The molecule has 0 aromatic heterocycles. The molecule has 0 saturated carbocycles. The quantitative estimate of drug-likeness (QED) is 0.171. The van der Waals surface area contributed by atoms with Crippen LogP contribution in [0, 0.1) is 43.4 Å². The summed E-state index contributed by atoms with van der Waals surface area (Å²) in [6.45, 7) is 16.0. The molecule has 2 aliphatic rings. The Hall–Kier alpha value is -6.88. The number of rotatable bonds is 6. The molecule has 0 amide bonds. The van der Waals surface area contributed by atoms with E-state index in [0.717, 1.165) is 34.1 Å². The molecule has 4 heteroatoms. The first-order chi connectivity index (χ1) is 27.4. The van der Waals surface area contributed by atoms with Crippen molar-refractivity contribution in [2.24, 2.45) is 0 Å². The highest BCUT2D eigenvalue weighted by Crippen LogP contribution is 2.58. The summed E-state index contributed by atoms with van der Waals surface area (Å²) in [7, 11) is 0. The molecule has 0 radical (unpaired) electrons. The number of hydrogen-bond acceptors (Lipinski definition) is 4. The van der Waals surface area contributed by atoms with Gasteiger partial charge < -0.3 is 9.80 Å². The van der Waals surface area contributed by atoms with Crippen LogP contribution in [-0.4, -0.2) is 0 Å². The lowest BCUT2D eigenvalue weighted by atomic mass is 9.79. The van der Waals surface area contributed by atoms with Gasteiger partial charge in [-0.2, -0.15) is 10.5 Å². The van der Waals surface area contributed by atoms with Crippen LogP contribution >= 0.6 is 0 Å². The fraction of sp³-hybridized carbons (Fsp3) is 0.170. The molecule has 276 valence electrons. The Morgan fingerprint density at radius 1 is 0.404 bits per heavy atom. The Labute approximate surface area is 336 Å². The smallest absolute Gasteiger partial charge is 0.0991 e. The second kappa shape index (κ2) is 13.1. The maximum atomic E-state index is 9.55. The van der Waals surface area contributed by atoms with Crippen LogP contribution in [-0.2, 0) is 10.8 Å². The van der Waals surface area contributed by atoms with Crippen LogP contribution in [0.15, 0.2) is 140 Å². The zero-order valence-corrected chi connectivity index (χ0v) is 33.6. The van der Waals surface area contributed by atoms with E-state index in [9.17, 15) is 10.5 Å². The fourth-order valence-corrected chi connectivity index (χ4v) is 9.38. The number of benzene rings is 7. The van der Waals surface area contributed by atoms with Crippen molar-refractivity contribution < 1.29 is 0 Å². The highest BCUT2D eigenvalue weighted by Gasteiger charge is 2.43. The van der Waals surface area contributed by atoms with E-state index >= 15 is 0 Å². The van der Waals surface area contributed by atoms with Crippen molar-refractivity contribution in [3.05, 3.63) is 190 Å². The molecule has 0 aliphatic heterocycles. The van der Waals surface area contributed by atoms with Gasteiger partial charge in [0.1, 0.15) is 0 Å². The topological polar surface area (TPSA) is 54.1 Å². The van der Waals surface area contributed by atoms with Crippen LogP contribution in [0.4, 0.5) is 34.1 Å². The lowest BCUT2D eigenvalue weighted by Gasteiger charge is -2.30. The van der Waals surface area contributed by atoms with Crippen molar-refractivity contribution in [3.63, 3.8) is 0 Å². The third kappa shape index (κ3) is 5.55. The molecule has 0 saturated heterocycles. The van der Waals surface area contributed by atoms with E-state index in [2.05, 4.69) is 161 Å². The number of aryl methyl sites for hydroxylation is 3. The molecule has 2 aliphatic carbocycles. The molecule has 7 aromatic rings. The van der Waals surface area contributed by atoms with Gasteiger partial charge >= 0.3 is 0 Å². The lowest BCUT2D eigenvalue weighted by Crippen LogP contribution is -2.18. The Kier molecular flexibility index (Phi) is 8.24. The van der Waals surface area contributed by atoms with E-state index in [4.69, 9.17) is 0 Å². The molecule has 0 atom stereocenters. The van der Waals surface area contributed by atoms with Gasteiger partial charge in [0.25, 0.3) is 0 Å². The lowest BCUT2D eigenvalue weighted by molar-refractivity contribution is 0.652. The molecule has 9 rings (SSSR count). The van der Waals surface area contributed by atoms with Gasteiger partial charge in [0, 0.05) is 45.0 Å². The number of nitriles is 2. The minimum atomic E-state index is -0.243. The summed E-state index contributed by atoms with van der Waals surface area (Å²) in [4.78, 5) is 4.64. The van der Waals surface area contributed by atoms with E-state index in [0.29, 0.717) is 11.1 Å². The molecule has 0 fully saturated rings. The van der Waals surface area contributed by atoms with Gasteiger partial charge in [-0.05, 0) is 179 Å². The second-order valence-electron chi connectivity index (χ2n) is 16.7. The summed E-state index contributed by atoms with van der Waals surface area (Å²) >= 11 is 0. The Morgan fingerprint density at radius 2 is 0.842 bits per heavy atom. The van der Waals surface area contributed by atoms with Crippen molar-refractivity contribution in [2.75, 3.05) is 9.80 Å². The van der Waals surface area contributed by atoms with Crippen LogP contribution in [0.3, 0.4) is 0 Å². The fourth-order valence-electron chi connectivity index (χ4n) is 9.38. The SMILES string of the molecule is Cc1ccccc1N(c1ccc(C#N)cc1)c1ccc2c(c1)C(C)(C)c1cc3c(cc1-2)C(C)(C)c1cc(N(c2ccc(C#N)cc2)c2ccccc2C)cc(C)c1-3. The van der Waals surface area contributed by atoms with E-state index in [1.165, 1.54) is 61.2 Å². The summed E-state index contributed by atoms with van der Waals surface area (Å²) in [5.74, 6) is 0. The van der Waals surface area contributed by atoms with Crippen LogP contribution in [0.1, 0.15) is 77.8 Å². The summed E-state index contributed by atoms with van der Waals surface area (Å²) in [5, 5.41) is 19.1. The van der Waals surface area contributed by atoms with Crippen LogP contribution in [0.2, 0.25) is 0 Å². The van der Waals surface area contributed by atoms with Crippen molar-refractivity contribution in [1.29, 1.82) is 10.5 Å². The van der Waals surface area contributed by atoms with Gasteiger partial charge in [-0.1, -0.05) is 70.2 Å². The van der Waals surface area contributed by atoms with E-state index in [1.807, 2.05) is 48.5 Å². The molecule has 0 unspecified atom stereocenters. The van der Waals surface area contributed by atoms with Crippen molar-refractivity contribution in [2.45, 2.75) is 59.3 Å². The van der Waals surface area contributed by atoms with Crippen LogP contribution in [0.25, 0.3) is 22.3 Å². The minimum Gasteiger partial charge on any atom is -0.310 e.